The van der Waals surface area contributed by atoms with Crippen molar-refractivity contribution < 1.29 is 4.79 Å². The van der Waals surface area contributed by atoms with Crippen LogP contribution in [0.25, 0.3) is 0 Å². The smallest absolute Gasteiger partial charge is 0.232 e. The van der Waals surface area contributed by atoms with Crippen molar-refractivity contribution in [2.75, 3.05) is 24.2 Å². The monoisotopic (exact) mass is 418 g/mol. The van der Waals surface area contributed by atoms with Gasteiger partial charge in [-0.3, -0.25) is 4.79 Å². The van der Waals surface area contributed by atoms with Gasteiger partial charge in [-0.25, -0.2) is 0 Å². The zero-order valence-corrected chi connectivity index (χ0v) is 16.8. The Labute approximate surface area is 162 Å². The largest absolute Gasteiger partial charge is 0.382 e. The summed E-state index contributed by atoms with van der Waals surface area (Å²) in [7, 11) is 0. The SMILES string of the molecule is Cc1cc(Br)ccc1SCC(=O)N1CCC(Nc2ccccc2)CC1. The Morgan fingerprint density at radius 1 is 1.20 bits per heavy atom. The lowest BCUT2D eigenvalue weighted by molar-refractivity contribution is -0.129. The predicted molar refractivity (Wildman–Crippen MR) is 109 cm³/mol. The Balaban J connectivity index is 1.45. The molecule has 5 heteroatoms. The number of para-hydroxylation sites is 1. The average molecular weight is 419 g/mol. The number of carbonyl (C=O) groups is 1. The number of rotatable bonds is 5. The van der Waals surface area contributed by atoms with Gasteiger partial charge >= 0.3 is 0 Å². The topological polar surface area (TPSA) is 32.3 Å². The second-order valence-corrected chi connectivity index (χ2v) is 8.30. The van der Waals surface area contributed by atoms with Gasteiger partial charge in [0, 0.05) is 34.2 Å². The van der Waals surface area contributed by atoms with E-state index in [1.807, 2.05) is 29.2 Å². The standard InChI is InChI=1S/C20H23BrN2OS/c1-15-13-16(21)7-8-19(15)25-14-20(24)23-11-9-18(10-12-23)22-17-5-3-2-4-6-17/h2-8,13,18,22H,9-12,14H2,1H3. The fourth-order valence-corrected chi connectivity index (χ4v) is 4.44. The van der Waals surface area contributed by atoms with Crippen LogP contribution in [-0.2, 0) is 4.79 Å². The van der Waals surface area contributed by atoms with Crippen molar-refractivity contribution in [2.24, 2.45) is 0 Å². The highest BCUT2D eigenvalue weighted by Crippen LogP contribution is 2.26. The molecule has 2 aromatic carbocycles. The van der Waals surface area contributed by atoms with Gasteiger partial charge in [0.25, 0.3) is 0 Å². The highest BCUT2D eigenvalue weighted by Gasteiger charge is 2.22. The zero-order valence-electron chi connectivity index (χ0n) is 14.4. The molecular formula is C20H23BrN2OS. The van der Waals surface area contributed by atoms with Gasteiger partial charge in [0.05, 0.1) is 5.75 Å². The van der Waals surface area contributed by atoms with E-state index in [9.17, 15) is 4.79 Å². The third-order valence-electron chi connectivity index (χ3n) is 4.48. The zero-order chi connectivity index (χ0) is 17.6. The molecule has 0 aliphatic carbocycles. The Kier molecular flexibility index (Phi) is 6.43. The quantitative estimate of drug-likeness (QED) is 0.696. The molecule has 0 bridgehead atoms. The molecule has 1 aliphatic heterocycles. The van der Waals surface area contributed by atoms with Crippen molar-refractivity contribution in [1.29, 1.82) is 0 Å². The molecule has 3 nitrogen and oxygen atoms in total. The van der Waals surface area contributed by atoms with E-state index in [1.54, 1.807) is 11.8 Å². The van der Waals surface area contributed by atoms with Crippen LogP contribution in [0, 0.1) is 6.92 Å². The third kappa shape index (κ3) is 5.25. The van der Waals surface area contributed by atoms with E-state index in [0.29, 0.717) is 11.8 Å². The molecule has 25 heavy (non-hydrogen) atoms. The van der Waals surface area contributed by atoms with E-state index < -0.39 is 0 Å². The first-order valence-electron chi connectivity index (χ1n) is 8.60. The summed E-state index contributed by atoms with van der Waals surface area (Å²) in [5, 5.41) is 3.56. The summed E-state index contributed by atoms with van der Waals surface area (Å²) in [6.45, 7) is 3.75. The van der Waals surface area contributed by atoms with Gasteiger partial charge < -0.3 is 10.2 Å². The lowest BCUT2D eigenvalue weighted by atomic mass is 10.0. The third-order valence-corrected chi connectivity index (χ3v) is 6.13. The average Bonchev–Trinajstić information content (AvgIpc) is 2.62. The van der Waals surface area contributed by atoms with E-state index in [1.165, 1.54) is 10.5 Å². The molecule has 0 saturated carbocycles. The molecule has 1 amide bonds. The van der Waals surface area contributed by atoms with E-state index in [4.69, 9.17) is 0 Å². The fraction of sp³-hybridized carbons (Fsp3) is 0.350. The Morgan fingerprint density at radius 3 is 2.60 bits per heavy atom. The molecule has 132 valence electrons. The molecule has 0 radical (unpaired) electrons. The molecule has 0 atom stereocenters. The maximum Gasteiger partial charge on any atom is 0.232 e. The summed E-state index contributed by atoms with van der Waals surface area (Å²) in [5.41, 5.74) is 2.37. The number of benzene rings is 2. The van der Waals surface area contributed by atoms with Crippen molar-refractivity contribution in [1.82, 2.24) is 4.90 Å². The molecule has 0 unspecified atom stereocenters. The summed E-state index contributed by atoms with van der Waals surface area (Å²) in [4.78, 5) is 15.7. The number of thioether (sulfide) groups is 1. The highest BCUT2D eigenvalue weighted by atomic mass is 79.9. The number of piperidine rings is 1. The van der Waals surface area contributed by atoms with E-state index in [0.717, 1.165) is 36.1 Å². The van der Waals surface area contributed by atoms with Crippen LogP contribution in [0.15, 0.2) is 57.9 Å². The van der Waals surface area contributed by atoms with Crippen LogP contribution >= 0.6 is 27.7 Å². The normalized spacial score (nSPS) is 15.2. The van der Waals surface area contributed by atoms with Crippen molar-refractivity contribution in [3.63, 3.8) is 0 Å². The summed E-state index contributed by atoms with van der Waals surface area (Å²) in [5.74, 6) is 0.754. The Morgan fingerprint density at radius 2 is 1.92 bits per heavy atom. The number of nitrogens with one attached hydrogen (secondary N) is 1. The highest BCUT2D eigenvalue weighted by molar-refractivity contribution is 9.10. The van der Waals surface area contributed by atoms with Crippen molar-refractivity contribution in [3.05, 3.63) is 58.6 Å². The number of anilines is 1. The van der Waals surface area contributed by atoms with Crippen LogP contribution in [-0.4, -0.2) is 35.7 Å². The molecule has 2 aromatic rings. The summed E-state index contributed by atoms with van der Waals surface area (Å²) in [6.07, 6.45) is 2.01. The molecule has 3 rings (SSSR count). The van der Waals surface area contributed by atoms with E-state index in [-0.39, 0.29) is 5.91 Å². The fourth-order valence-electron chi connectivity index (χ4n) is 3.05. The van der Waals surface area contributed by atoms with Gasteiger partial charge in [0.2, 0.25) is 5.91 Å². The molecule has 0 aromatic heterocycles. The molecule has 1 aliphatic rings. The molecule has 1 heterocycles. The minimum Gasteiger partial charge on any atom is -0.382 e. The van der Waals surface area contributed by atoms with Crippen molar-refractivity contribution >= 4 is 39.3 Å². The first-order chi connectivity index (χ1) is 12.1. The van der Waals surface area contributed by atoms with Crippen LogP contribution in [0.4, 0.5) is 5.69 Å². The lowest BCUT2D eigenvalue weighted by Crippen LogP contribution is -2.43. The Hall–Kier alpha value is -1.46. The number of amides is 1. The van der Waals surface area contributed by atoms with Gasteiger partial charge in [0.1, 0.15) is 0 Å². The summed E-state index contributed by atoms with van der Waals surface area (Å²) in [6, 6.07) is 16.9. The van der Waals surface area contributed by atoms with E-state index in [2.05, 4.69) is 52.4 Å². The van der Waals surface area contributed by atoms with Crippen LogP contribution in [0.5, 0.6) is 0 Å². The van der Waals surface area contributed by atoms with Gasteiger partial charge in [-0.15, -0.1) is 11.8 Å². The number of carbonyl (C=O) groups excluding carboxylic acids is 1. The van der Waals surface area contributed by atoms with Crippen molar-refractivity contribution in [2.45, 2.75) is 30.7 Å². The number of halogens is 1. The number of hydrogen-bond donors (Lipinski definition) is 1. The summed E-state index contributed by atoms with van der Waals surface area (Å²) >= 11 is 5.11. The molecule has 1 saturated heterocycles. The minimum atomic E-state index is 0.241. The number of nitrogens with zero attached hydrogens (tertiary/aromatic N) is 1. The number of likely N-dealkylation sites (tertiary alicyclic amines) is 1. The lowest BCUT2D eigenvalue weighted by Gasteiger charge is -2.33. The molecule has 1 fully saturated rings. The van der Waals surface area contributed by atoms with Gasteiger partial charge in [-0.2, -0.15) is 0 Å². The van der Waals surface area contributed by atoms with Crippen molar-refractivity contribution in [3.8, 4) is 0 Å². The first-order valence-corrected chi connectivity index (χ1v) is 10.4. The maximum absolute atomic E-state index is 12.5. The molecule has 1 N–H and O–H groups in total. The van der Waals surface area contributed by atoms with Crippen LogP contribution in [0.1, 0.15) is 18.4 Å². The second-order valence-electron chi connectivity index (χ2n) is 6.36. The van der Waals surface area contributed by atoms with Gasteiger partial charge in [-0.05, 0) is 55.7 Å². The summed E-state index contributed by atoms with van der Waals surface area (Å²) < 4.78 is 1.08. The maximum atomic E-state index is 12.5. The van der Waals surface area contributed by atoms with Crippen LogP contribution in [0.3, 0.4) is 0 Å². The second kappa shape index (κ2) is 8.77. The molecular weight excluding hydrogens is 396 g/mol. The van der Waals surface area contributed by atoms with Crippen LogP contribution in [0.2, 0.25) is 0 Å². The minimum absolute atomic E-state index is 0.241. The van der Waals surface area contributed by atoms with E-state index >= 15 is 0 Å². The first kappa shape index (κ1) is 18.3. The van der Waals surface area contributed by atoms with Crippen LogP contribution < -0.4 is 5.32 Å². The number of aryl methyl sites for hydroxylation is 1. The van der Waals surface area contributed by atoms with Gasteiger partial charge in [0.15, 0.2) is 0 Å². The Bertz CT molecular complexity index is 715. The molecule has 0 spiro atoms. The van der Waals surface area contributed by atoms with Gasteiger partial charge in [-0.1, -0.05) is 34.1 Å². The number of hydrogen-bond acceptors (Lipinski definition) is 3. The predicted octanol–water partition coefficient (Wildman–Crippen LogP) is 4.95.